The van der Waals surface area contributed by atoms with Crippen LogP contribution in [0.2, 0.25) is 0 Å². The van der Waals surface area contributed by atoms with Crippen LogP contribution >= 0.6 is 0 Å². The molecule has 92 valence electrons. The Hall–Kier alpha value is -0.980. The van der Waals surface area contributed by atoms with Gasteiger partial charge < -0.3 is 4.90 Å². The molecule has 0 N–H and O–H groups in total. The molecule has 0 amide bonds. The zero-order valence-electron chi connectivity index (χ0n) is 11.5. The minimum Gasteiger partial charge on any atom is -0.365 e. The molecule has 1 heteroatoms. The minimum atomic E-state index is 0.744. The maximum atomic E-state index is 2.71. The summed E-state index contributed by atoms with van der Waals surface area (Å²) in [5.74, 6) is 0.945. The molecule has 17 heavy (non-hydrogen) atoms. The first-order chi connectivity index (χ1) is 8.08. The maximum absolute atomic E-state index is 2.71. The van der Waals surface area contributed by atoms with E-state index in [0.717, 1.165) is 18.0 Å². The Balaban J connectivity index is 2.05. The zero-order valence-corrected chi connectivity index (χ0v) is 11.5. The Bertz CT molecular complexity index is 447. The predicted molar refractivity (Wildman–Crippen MR) is 73.7 cm³/mol. The van der Waals surface area contributed by atoms with Crippen molar-refractivity contribution in [1.29, 1.82) is 0 Å². The monoisotopic (exact) mass is 229 g/mol. The summed E-state index contributed by atoms with van der Waals surface area (Å²) in [5.41, 5.74) is 5.82. The van der Waals surface area contributed by atoms with Gasteiger partial charge in [0.2, 0.25) is 0 Å². The first-order valence-corrected chi connectivity index (χ1v) is 6.94. The number of hydrogen-bond acceptors (Lipinski definition) is 1. The molecule has 3 rings (SSSR count). The normalized spacial score (nSPS) is 31.3. The topological polar surface area (TPSA) is 3.24 Å². The van der Waals surface area contributed by atoms with Gasteiger partial charge in [0.15, 0.2) is 0 Å². The van der Waals surface area contributed by atoms with Gasteiger partial charge in [-0.3, -0.25) is 0 Å². The number of nitrogens with zero attached hydrogens (tertiary/aromatic N) is 1. The second-order valence-electron chi connectivity index (χ2n) is 6.10. The van der Waals surface area contributed by atoms with E-state index in [9.17, 15) is 0 Å². The van der Waals surface area contributed by atoms with Crippen molar-refractivity contribution in [2.75, 3.05) is 4.90 Å². The Kier molecular flexibility index (Phi) is 2.46. The quantitative estimate of drug-likeness (QED) is 0.704. The van der Waals surface area contributed by atoms with E-state index in [1.165, 1.54) is 41.6 Å². The molecule has 1 aromatic carbocycles. The highest BCUT2D eigenvalue weighted by Gasteiger charge is 2.43. The molecular formula is C16H23N. The number of rotatable bonds is 1. The summed E-state index contributed by atoms with van der Waals surface area (Å²) in [6.45, 7) is 9.16. The summed E-state index contributed by atoms with van der Waals surface area (Å²) in [5, 5.41) is 0. The lowest BCUT2D eigenvalue weighted by Gasteiger charge is -2.36. The molecule has 1 aliphatic heterocycles. The van der Waals surface area contributed by atoms with E-state index in [0.29, 0.717) is 0 Å². The number of hydrogen-bond donors (Lipinski definition) is 0. The zero-order chi connectivity index (χ0) is 12.2. The van der Waals surface area contributed by atoms with Crippen molar-refractivity contribution in [2.45, 2.75) is 59.0 Å². The van der Waals surface area contributed by atoms with Gasteiger partial charge in [0.05, 0.1) is 0 Å². The van der Waals surface area contributed by atoms with Gasteiger partial charge >= 0.3 is 0 Å². The molecule has 0 aromatic heterocycles. The van der Waals surface area contributed by atoms with Crippen LogP contribution in [0.4, 0.5) is 5.69 Å². The molecule has 1 saturated carbocycles. The van der Waals surface area contributed by atoms with Crippen LogP contribution in [-0.4, -0.2) is 12.1 Å². The van der Waals surface area contributed by atoms with E-state index >= 15 is 0 Å². The van der Waals surface area contributed by atoms with Crippen LogP contribution in [0.1, 0.15) is 42.9 Å². The Morgan fingerprint density at radius 1 is 1.12 bits per heavy atom. The fourth-order valence-electron chi connectivity index (χ4n) is 3.94. The molecule has 1 aliphatic carbocycles. The van der Waals surface area contributed by atoms with Crippen molar-refractivity contribution in [2.24, 2.45) is 5.92 Å². The highest BCUT2D eigenvalue weighted by atomic mass is 15.2. The highest BCUT2D eigenvalue weighted by molar-refractivity contribution is 5.60. The van der Waals surface area contributed by atoms with Crippen LogP contribution in [-0.2, 0) is 0 Å². The van der Waals surface area contributed by atoms with Crippen LogP contribution < -0.4 is 4.90 Å². The van der Waals surface area contributed by atoms with E-state index in [1.807, 2.05) is 0 Å². The van der Waals surface area contributed by atoms with Gasteiger partial charge in [0, 0.05) is 17.8 Å². The summed E-state index contributed by atoms with van der Waals surface area (Å²) < 4.78 is 0. The molecule has 3 atom stereocenters. The lowest BCUT2D eigenvalue weighted by Crippen LogP contribution is -2.39. The van der Waals surface area contributed by atoms with Crippen LogP contribution in [0, 0.1) is 26.7 Å². The van der Waals surface area contributed by atoms with Crippen molar-refractivity contribution in [3.8, 4) is 0 Å². The van der Waals surface area contributed by atoms with Gasteiger partial charge in [-0.05, 0) is 75.6 Å². The van der Waals surface area contributed by atoms with Crippen LogP contribution in [0.3, 0.4) is 0 Å². The third-order valence-electron chi connectivity index (χ3n) is 5.02. The predicted octanol–water partition coefficient (Wildman–Crippen LogP) is 3.99. The van der Waals surface area contributed by atoms with Gasteiger partial charge in [-0.1, -0.05) is 6.07 Å². The molecule has 1 saturated heterocycles. The molecule has 2 unspecified atom stereocenters. The fourth-order valence-corrected chi connectivity index (χ4v) is 3.94. The number of aryl methyl sites for hydroxylation is 2. The van der Waals surface area contributed by atoms with E-state index in [-0.39, 0.29) is 0 Å². The van der Waals surface area contributed by atoms with Gasteiger partial charge in [0.25, 0.3) is 0 Å². The van der Waals surface area contributed by atoms with Crippen LogP contribution in [0.25, 0.3) is 0 Å². The average Bonchev–Trinajstić information content (AvgIpc) is 2.84. The summed E-state index contributed by atoms with van der Waals surface area (Å²) >= 11 is 0. The first kappa shape index (κ1) is 11.1. The van der Waals surface area contributed by atoms with Crippen molar-refractivity contribution in [1.82, 2.24) is 0 Å². The third kappa shape index (κ3) is 1.59. The summed E-state index contributed by atoms with van der Waals surface area (Å²) in [7, 11) is 0. The largest absolute Gasteiger partial charge is 0.365 e. The minimum absolute atomic E-state index is 0.744. The molecule has 0 spiro atoms. The van der Waals surface area contributed by atoms with E-state index in [1.54, 1.807) is 0 Å². The van der Waals surface area contributed by atoms with Crippen molar-refractivity contribution in [3.05, 3.63) is 28.8 Å². The van der Waals surface area contributed by atoms with Gasteiger partial charge in [-0.2, -0.15) is 0 Å². The van der Waals surface area contributed by atoms with Crippen LogP contribution in [0.5, 0.6) is 0 Å². The lowest BCUT2D eigenvalue weighted by atomic mass is 9.97. The molecule has 1 heterocycles. The smallest absolute Gasteiger partial charge is 0.0406 e. The Labute approximate surface area is 105 Å². The van der Waals surface area contributed by atoms with Gasteiger partial charge in [-0.15, -0.1) is 0 Å². The maximum Gasteiger partial charge on any atom is 0.0406 e. The molecule has 1 nitrogen and oxygen atoms in total. The Morgan fingerprint density at radius 2 is 1.88 bits per heavy atom. The molecule has 2 bridgehead atoms. The lowest BCUT2D eigenvalue weighted by molar-refractivity contribution is 0.453. The molecule has 1 aromatic rings. The van der Waals surface area contributed by atoms with Crippen molar-refractivity contribution in [3.63, 3.8) is 0 Å². The molecule has 2 aliphatic rings. The standard InChI is InChI=1S/C16H23N/c1-10-7-11(2)12(3)16(8-10)17-13(4)14-5-6-15(17)9-14/h7-8,13-15H,5-6,9H2,1-4H3/t13-,14?,15?/m0/s1. The summed E-state index contributed by atoms with van der Waals surface area (Å²) in [4.78, 5) is 2.71. The highest BCUT2D eigenvalue weighted by Crippen LogP contribution is 2.45. The van der Waals surface area contributed by atoms with Gasteiger partial charge in [-0.25, -0.2) is 0 Å². The van der Waals surface area contributed by atoms with E-state index < -0.39 is 0 Å². The number of anilines is 1. The fraction of sp³-hybridized carbons (Fsp3) is 0.625. The molecule has 0 radical (unpaired) electrons. The number of benzene rings is 1. The second kappa shape index (κ2) is 3.76. The van der Waals surface area contributed by atoms with Gasteiger partial charge in [0.1, 0.15) is 0 Å². The molecular weight excluding hydrogens is 206 g/mol. The second-order valence-corrected chi connectivity index (χ2v) is 6.10. The summed E-state index contributed by atoms with van der Waals surface area (Å²) in [6.07, 6.45) is 4.28. The van der Waals surface area contributed by atoms with Crippen molar-refractivity contribution >= 4 is 5.69 Å². The van der Waals surface area contributed by atoms with E-state index in [2.05, 4.69) is 44.7 Å². The summed E-state index contributed by atoms with van der Waals surface area (Å²) in [6, 6.07) is 6.25. The SMILES string of the molecule is Cc1cc(C)c(C)c(N2C3CCC(C3)[C@@H]2C)c1. The van der Waals surface area contributed by atoms with Crippen LogP contribution in [0.15, 0.2) is 12.1 Å². The third-order valence-corrected chi connectivity index (χ3v) is 5.02. The Morgan fingerprint density at radius 3 is 2.53 bits per heavy atom. The molecule has 2 fully saturated rings. The van der Waals surface area contributed by atoms with Crippen molar-refractivity contribution < 1.29 is 0 Å². The first-order valence-electron chi connectivity index (χ1n) is 6.94. The number of fused-ring (bicyclic) bond motifs is 2. The number of piperidine rings is 1. The average molecular weight is 229 g/mol. The van der Waals surface area contributed by atoms with E-state index in [4.69, 9.17) is 0 Å².